The van der Waals surface area contributed by atoms with Crippen molar-refractivity contribution in [3.8, 4) is 5.75 Å². The number of benzene rings is 2. The molecule has 0 fully saturated rings. The summed E-state index contributed by atoms with van der Waals surface area (Å²) in [6.45, 7) is 5.21. The zero-order valence-electron chi connectivity index (χ0n) is 12.5. The molecule has 1 aliphatic heterocycles. The Balaban J connectivity index is 2.05. The zero-order chi connectivity index (χ0) is 15.0. The van der Waals surface area contributed by atoms with Crippen LogP contribution in [-0.2, 0) is 18.0 Å². The van der Waals surface area contributed by atoms with Gasteiger partial charge >= 0.3 is 0 Å². The maximum Gasteiger partial charge on any atom is 0.196 e. The Morgan fingerprint density at radius 1 is 1.10 bits per heavy atom. The van der Waals surface area contributed by atoms with Crippen molar-refractivity contribution < 1.29 is 14.3 Å². The van der Waals surface area contributed by atoms with Crippen LogP contribution >= 0.6 is 0 Å². The number of ketones is 1. The second-order valence-electron chi connectivity index (χ2n) is 5.39. The van der Waals surface area contributed by atoms with Crippen molar-refractivity contribution in [2.45, 2.75) is 27.1 Å². The minimum atomic E-state index is -0.00958. The molecule has 108 valence electrons. The average Bonchev–Trinajstić information content (AvgIpc) is 2.96. The number of methoxy groups -OCH3 is 1. The van der Waals surface area contributed by atoms with Crippen LogP contribution in [0.25, 0.3) is 0 Å². The second-order valence-corrected chi connectivity index (χ2v) is 5.39. The summed E-state index contributed by atoms with van der Waals surface area (Å²) in [7, 11) is 1.61. The number of fused-ring (bicyclic) bond motifs is 1. The van der Waals surface area contributed by atoms with Gasteiger partial charge in [-0.1, -0.05) is 18.2 Å². The molecule has 0 N–H and O–H groups in total. The Labute approximate surface area is 124 Å². The highest BCUT2D eigenvalue weighted by atomic mass is 16.5. The predicted molar refractivity (Wildman–Crippen MR) is 80.8 cm³/mol. The Bertz CT molecular complexity index is 717. The van der Waals surface area contributed by atoms with Crippen LogP contribution in [0, 0.1) is 13.8 Å². The standard InChI is InChI=1S/C18H18O3/c1-11-4-7-16(18(20-3)12(11)2)17(19)13-5-6-14-9-21-10-15(14)8-13/h4-8H,9-10H2,1-3H3. The summed E-state index contributed by atoms with van der Waals surface area (Å²) in [5.74, 6) is 0.654. The van der Waals surface area contributed by atoms with Crippen LogP contribution in [0.2, 0.25) is 0 Å². The van der Waals surface area contributed by atoms with E-state index >= 15 is 0 Å². The minimum absolute atomic E-state index is 0.00958. The van der Waals surface area contributed by atoms with Crippen LogP contribution in [0.1, 0.15) is 38.2 Å². The molecule has 21 heavy (non-hydrogen) atoms. The molecule has 0 spiro atoms. The van der Waals surface area contributed by atoms with E-state index in [1.165, 1.54) is 5.56 Å². The molecule has 2 aromatic rings. The van der Waals surface area contributed by atoms with Crippen molar-refractivity contribution in [1.82, 2.24) is 0 Å². The van der Waals surface area contributed by atoms with Gasteiger partial charge in [0.05, 0.1) is 25.9 Å². The van der Waals surface area contributed by atoms with E-state index < -0.39 is 0 Å². The molecule has 0 unspecified atom stereocenters. The lowest BCUT2D eigenvalue weighted by molar-refractivity contribution is 0.103. The Morgan fingerprint density at radius 3 is 2.62 bits per heavy atom. The van der Waals surface area contributed by atoms with E-state index in [0.717, 1.165) is 16.7 Å². The molecule has 3 rings (SSSR count). The molecule has 1 aliphatic rings. The molecular weight excluding hydrogens is 264 g/mol. The first-order valence-electron chi connectivity index (χ1n) is 7.00. The number of hydrogen-bond donors (Lipinski definition) is 0. The van der Waals surface area contributed by atoms with Crippen molar-refractivity contribution in [2.24, 2.45) is 0 Å². The van der Waals surface area contributed by atoms with Crippen LogP contribution < -0.4 is 4.74 Å². The van der Waals surface area contributed by atoms with E-state index in [9.17, 15) is 4.79 Å². The van der Waals surface area contributed by atoms with Gasteiger partial charge in [-0.15, -0.1) is 0 Å². The summed E-state index contributed by atoms with van der Waals surface area (Å²) in [5, 5.41) is 0. The predicted octanol–water partition coefficient (Wildman–Crippen LogP) is 3.57. The molecule has 0 radical (unpaired) electrons. The maximum atomic E-state index is 12.8. The fraction of sp³-hybridized carbons (Fsp3) is 0.278. The van der Waals surface area contributed by atoms with Gasteiger partial charge in [0.15, 0.2) is 5.78 Å². The molecule has 2 aromatic carbocycles. The zero-order valence-corrected chi connectivity index (χ0v) is 12.5. The smallest absolute Gasteiger partial charge is 0.196 e. The molecule has 0 bridgehead atoms. The number of carbonyl (C=O) groups is 1. The van der Waals surface area contributed by atoms with Crippen LogP contribution in [0.5, 0.6) is 5.75 Å². The summed E-state index contributed by atoms with van der Waals surface area (Å²) < 4.78 is 10.8. The molecule has 0 aliphatic carbocycles. The van der Waals surface area contributed by atoms with Crippen molar-refractivity contribution in [3.63, 3.8) is 0 Å². The molecular formula is C18H18O3. The summed E-state index contributed by atoms with van der Waals surface area (Å²) >= 11 is 0. The fourth-order valence-corrected chi connectivity index (χ4v) is 2.70. The van der Waals surface area contributed by atoms with Gasteiger partial charge < -0.3 is 9.47 Å². The Hall–Kier alpha value is -2.13. The largest absolute Gasteiger partial charge is 0.496 e. The van der Waals surface area contributed by atoms with Crippen molar-refractivity contribution in [2.75, 3.05) is 7.11 Å². The quantitative estimate of drug-likeness (QED) is 0.807. The van der Waals surface area contributed by atoms with E-state index in [1.54, 1.807) is 7.11 Å². The highest BCUT2D eigenvalue weighted by molar-refractivity contribution is 6.11. The van der Waals surface area contributed by atoms with Gasteiger partial charge in [-0.05, 0) is 48.2 Å². The number of aryl methyl sites for hydroxylation is 1. The average molecular weight is 282 g/mol. The van der Waals surface area contributed by atoms with Crippen LogP contribution in [0.15, 0.2) is 30.3 Å². The van der Waals surface area contributed by atoms with Gasteiger partial charge in [0.1, 0.15) is 5.75 Å². The van der Waals surface area contributed by atoms with E-state index in [0.29, 0.717) is 30.1 Å². The minimum Gasteiger partial charge on any atom is -0.496 e. The first kappa shape index (κ1) is 13.8. The molecule has 0 amide bonds. The molecule has 0 saturated carbocycles. The van der Waals surface area contributed by atoms with Gasteiger partial charge in [0, 0.05) is 5.56 Å². The van der Waals surface area contributed by atoms with Gasteiger partial charge in [0.25, 0.3) is 0 Å². The topological polar surface area (TPSA) is 35.5 Å². The van der Waals surface area contributed by atoms with Crippen molar-refractivity contribution in [1.29, 1.82) is 0 Å². The SMILES string of the molecule is COc1c(C(=O)c2ccc3c(c2)COC3)ccc(C)c1C. The van der Waals surface area contributed by atoms with Crippen molar-refractivity contribution in [3.05, 3.63) is 63.7 Å². The summed E-state index contributed by atoms with van der Waals surface area (Å²) in [6, 6.07) is 9.57. The second kappa shape index (κ2) is 5.34. The Kier molecular flexibility index (Phi) is 3.52. The van der Waals surface area contributed by atoms with E-state index in [2.05, 4.69) is 0 Å². The van der Waals surface area contributed by atoms with Crippen LogP contribution in [-0.4, -0.2) is 12.9 Å². The Morgan fingerprint density at radius 2 is 1.86 bits per heavy atom. The molecule has 0 atom stereocenters. The van der Waals surface area contributed by atoms with Crippen LogP contribution in [0.4, 0.5) is 0 Å². The lowest BCUT2D eigenvalue weighted by Gasteiger charge is -2.13. The van der Waals surface area contributed by atoms with E-state index in [-0.39, 0.29) is 5.78 Å². The van der Waals surface area contributed by atoms with Crippen molar-refractivity contribution >= 4 is 5.78 Å². The fourth-order valence-electron chi connectivity index (χ4n) is 2.70. The number of hydrogen-bond acceptors (Lipinski definition) is 3. The normalized spacial score (nSPS) is 13.1. The molecule has 0 saturated heterocycles. The third-order valence-electron chi connectivity index (χ3n) is 4.11. The number of rotatable bonds is 3. The third-order valence-corrected chi connectivity index (χ3v) is 4.11. The van der Waals surface area contributed by atoms with Crippen LogP contribution in [0.3, 0.4) is 0 Å². The summed E-state index contributed by atoms with van der Waals surface area (Å²) in [4.78, 5) is 12.8. The monoisotopic (exact) mass is 282 g/mol. The van der Waals surface area contributed by atoms with Gasteiger partial charge in [-0.3, -0.25) is 4.79 Å². The van der Waals surface area contributed by atoms with Gasteiger partial charge in [-0.25, -0.2) is 0 Å². The lowest BCUT2D eigenvalue weighted by atomic mass is 9.96. The van der Waals surface area contributed by atoms with E-state index in [4.69, 9.17) is 9.47 Å². The summed E-state index contributed by atoms with van der Waals surface area (Å²) in [6.07, 6.45) is 0. The lowest BCUT2D eigenvalue weighted by Crippen LogP contribution is -2.06. The molecule has 3 nitrogen and oxygen atoms in total. The number of carbonyl (C=O) groups excluding carboxylic acids is 1. The third kappa shape index (κ3) is 2.34. The highest BCUT2D eigenvalue weighted by Gasteiger charge is 2.19. The first-order valence-corrected chi connectivity index (χ1v) is 7.00. The summed E-state index contributed by atoms with van der Waals surface area (Å²) in [5.41, 5.74) is 5.68. The van der Waals surface area contributed by atoms with Gasteiger partial charge in [0.2, 0.25) is 0 Å². The highest BCUT2D eigenvalue weighted by Crippen LogP contribution is 2.29. The maximum absolute atomic E-state index is 12.8. The molecule has 0 aromatic heterocycles. The van der Waals surface area contributed by atoms with Gasteiger partial charge in [-0.2, -0.15) is 0 Å². The van der Waals surface area contributed by atoms with E-state index in [1.807, 2.05) is 44.2 Å². The number of ether oxygens (including phenoxy) is 2. The molecule has 1 heterocycles. The first-order chi connectivity index (χ1) is 10.1. The molecule has 3 heteroatoms.